The van der Waals surface area contributed by atoms with Crippen LogP contribution in [0.5, 0.6) is 5.75 Å². The lowest BCUT2D eigenvalue weighted by Gasteiger charge is -2.10. The number of para-hydroxylation sites is 1. The lowest BCUT2D eigenvalue weighted by atomic mass is 10.2. The molecule has 1 aromatic carbocycles. The zero-order valence-corrected chi connectivity index (χ0v) is 9.89. The quantitative estimate of drug-likeness (QED) is 0.614. The predicted octanol–water partition coefficient (Wildman–Crippen LogP) is 2.34. The van der Waals surface area contributed by atoms with Crippen LogP contribution in [0.15, 0.2) is 24.3 Å². The predicted molar refractivity (Wildman–Crippen MR) is 57.2 cm³/mol. The lowest BCUT2D eigenvalue weighted by Crippen LogP contribution is -2.28. The fourth-order valence-corrected chi connectivity index (χ4v) is 1.33. The molecule has 0 radical (unpaired) electrons. The van der Waals surface area contributed by atoms with Crippen molar-refractivity contribution in [2.75, 3.05) is 0 Å². The molecule has 0 aliphatic heterocycles. The third-order valence-corrected chi connectivity index (χ3v) is 2.54. The summed E-state index contributed by atoms with van der Waals surface area (Å²) in [5.74, 6) is -0.324. The van der Waals surface area contributed by atoms with E-state index in [1.54, 1.807) is 6.07 Å². The molecule has 1 aromatic rings. The standard InChI is InChI=1S/C8H7F3O3S.H2S/c1-6-4-2-3-5-7(6)14-15(12,13)8(9,10)11;/h2-5H,1H3;1H2. The fourth-order valence-electron chi connectivity index (χ4n) is 0.815. The van der Waals surface area contributed by atoms with Gasteiger partial charge in [-0.2, -0.15) is 35.1 Å². The number of aryl methyl sites for hydroxylation is 1. The van der Waals surface area contributed by atoms with Gasteiger partial charge in [0, 0.05) is 0 Å². The summed E-state index contributed by atoms with van der Waals surface area (Å²) >= 11 is 0. The summed E-state index contributed by atoms with van der Waals surface area (Å²) in [5.41, 5.74) is -5.10. The van der Waals surface area contributed by atoms with Gasteiger partial charge in [0.15, 0.2) is 0 Å². The van der Waals surface area contributed by atoms with Crippen LogP contribution in [-0.4, -0.2) is 13.9 Å². The minimum atomic E-state index is -5.57. The first-order valence-electron chi connectivity index (χ1n) is 3.80. The normalized spacial score (nSPS) is 11.8. The molecule has 0 fully saturated rings. The molecule has 0 aliphatic rings. The maximum absolute atomic E-state index is 11.9. The van der Waals surface area contributed by atoms with E-state index in [1.807, 2.05) is 0 Å². The Kier molecular flexibility index (Phi) is 4.68. The molecule has 0 saturated heterocycles. The first kappa shape index (κ1) is 15.1. The van der Waals surface area contributed by atoms with Gasteiger partial charge in [-0.1, -0.05) is 18.2 Å². The number of rotatable bonds is 2. The van der Waals surface area contributed by atoms with Gasteiger partial charge in [0.05, 0.1) is 0 Å². The third kappa shape index (κ3) is 3.31. The Bertz CT molecular complexity index is 454. The molecule has 8 heteroatoms. The summed E-state index contributed by atoms with van der Waals surface area (Å²) in [7, 11) is -5.57. The monoisotopic (exact) mass is 274 g/mol. The van der Waals surface area contributed by atoms with Crippen LogP contribution in [-0.2, 0) is 10.1 Å². The Hall–Kier alpha value is -0.890. The molecule has 0 saturated carbocycles. The summed E-state index contributed by atoms with van der Waals surface area (Å²) in [4.78, 5) is 0. The zero-order valence-electron chi connectivity index (χ0n) is 8.08. The number of alkyl halides is 3. The number of hydrogen-bond donors (Lipinski definition) is 0. The van der Waals surface area contributed by atoms with Crippen molar-refractivity contribution >= 4 is 23.6 Å². The van der Waals surface area contributed by atoms with E-state index in [2.05, 4.69) is 4.18 Å². The van der Waals surface area contributed by atoms with Crippen LogP contribution in [0.3, 0.4) is 0 Å². The fraction of sp³-hybridized carbons (Fsp3) is 0.250. The van der Waals surface area contributed by atoms with Crippen molar-refractivity contribution in [1.82, 2.24) is 0 Å². The minimum absolute atomic E-state index is 0. The second-order valence-corrected chi connectivity index (χ2v) is 4.29. The topological polar surface area (TPSA) is 43.4 Å². The van der Waals surface area contributed by atoms with Crippen LogP contribution in [0.2, 0.25) is 0 Å². The molecular weight excluding hydrogens is 265 g/mol. The molecule has 0 aromatic heterocycles. The molecule has 0 heterocycles. The van der Waals surface area contributed by atoms with Crippen molar-refractivity contribution in [2.45, 2.75) is 12.4 Å². The van der Waals surface area contributed by atoms with Crippen molar-refractivity contribution < 1.29 is 25.8 Å². The maximum atomic E-state index is 11.9. The van der Waals surface area contributed by atoms with E-state index in [1.165, 1.54) is 19.1 Å². The Balaban J connectivity index is 0.00000225. The van der Waals surface area contributed by atoms with Crippen LogP contribution in [0.25, 0.3) is 0 Å². The van der Waals surface area contributed by atoms with Gasteiger partial charge in [-0.15, -0.1) is 0 Å². The second-order valence-electron chi connectivity index (χ2n) is 2.75. The van der Waals surface area contributed by atoms with Crippen molar-refractivity contribution in [3.8, 4) is 5.75 Å². The van der Waals surface area contributed by atoms with Crippen LogP contribution in [0, 0.1) is 6.92 Å². The van der Waals surface area contributed by atoms with E-state index in [9.17, 15) is 21.6 Å². The van der Waals surface area contributed by atoms with Crippen molar-refractivity contribution in [2.24, 2.45) is 0 Å². The van der Waals surface area contributed by atoms with Gasteiger partial charge in [-0.25, -0.2) is 0 Å². The SMILES string of the molecule is Cc1ccccc1OS(=O)(=O)C(F)(F)F.S. The van der Waals surface area contributed by atoms with Crippen molar-refractivity contribution in [3.05, 3.63) is 29.8 Å². The van der Waals surface area contributed by atoms with Gasteiger partial charge in [-0.05, 0) is 18.6 Å². The molecule has 0 amide bonds. The molecule has 1 rings (SSSR count). The molecule has 0 atom stereocenters. The Morgan fingerprint density at radius 3 is 2.12 bits per heavy atom. The molecular formula is C8H9F3O3S2. The van der Waals surface area contributed by atoms with Gasteiger partial charge in [-0.3, -0.25) is 0 Å². The van der Waals surface area contributed by atoms with E-state index in [0.717, 1.165) is 6.07 Å². The Morgan fingerprint density at radius 1 is 1.19 bits per heavy atom. The summed E-state index contributed by atoms with van der Waals surface area (Å²) in [6.07, 6.45) is 0. The highest BCUT2D eigenvalue weighted by atomic mass is 32.2. The van der Waals surface area contributed by atoms with E-state index in [0.29, 0.717) is 5.56 Å². The third-order valence-electron chi connectivity index (χ3n) is 1.58. The van der Waals surface area contributed by atoms with E-state index < -0.39 is 15.6 Å². The van der Waals surface area contributed by atoms with Gasteiger partial charge < -0.3 is 4.18 Å². The summed E-state index contributed by atoms with van der Waals surface area (Å²) in [6, 6.07) is 5.54. The van der Waals surface area contributed by atoms with Crippen LogP contribution in [0.1, 0.15) is 5.56 Å². The van der Waals surface area contributed by atoms with Crippen molar-refractivity contribution in [1.29, 1.82) is 0 Å². The van der Waals surface area contributed by atoms with Crippen LogP contribution < -0.4 is 4.18 Å². The summed E-state index contributed by atoms with van der Waals surface area (Å²) in [6.45, 7) is 1.45. The smallest absolute Gasteiger partial charge is 0.376 e. The molecule has 92 valence electrons. The second kappa shape index (κ2) is 4.96. The van der Waals surface area contributed by atoms with Crippen LogP contribution in [0.4, 0.5) is 13.2 Å². The highest BCUT2D eigenvalue weighted by molar-refractivity contribution is 7.88. The van der Waals surface area contributed by atoms with E-state index in [-0.39, 0.29) is 19.2 Å². The maximum Gasteiger partial charge on any atom is 0.534 e. The Labute approximate surface area is 97.8 Å². The first-order chi connectivity index (χ1) is 6.74. The number of benzene rings is 1. The lowest BCUT2D eigenvalue weighted by molar-refractivity contribution is -0.0500. The van der Waals surface area contributed by atoms with Gasteiger partial charge >= 0.3 is 15.6 Å². The highest BCUT2D eigenvalue weighted by Gasteiger charge is 2.48. The summed E-state index contributed by atoms with van der Waals surface area (Å²) < 4.78 is 61.0. The Morgan fingerprint density at radius 2 is 1.69 bits per heavy atom. The molecule has 3 nitrogen and oxygen atoms in total. The highest BCUT2D eigenvalue weighted by Crippen LogP contribution is 2.28. The zero-order chi connectivity index (χ0) is 11.7. The molecule has 0 bridgehead atoms. The summed E-state index contributed by atoms with van der Waals surface area (Å²) in [5, 5.41) is 0. The first-order valence-corrected chi connectivity index (χ1v) is 5.21. The van der Waals surface area contributed by atoms with Gasteiger partial charge in [0.2, 0.25) is 0 Å². The largest absolute Gasteiger partial charge is 0.534 e. The van der Waals surface area contributed by atoms with E-state index >= 15 is 0 Å². The minimum Gasteiger partial charge on any atom is -0.376 e. The van der Waals surface area contributed by atoms with Gasteiger partial charge in [0.25, 0.3) is 0 Å². The molecule has 0 N–H and O–H groups in total. The van der Waals surface area contributed by atoms with Crippen molar-refractivity contribution in [3.63, 3.8) is 0 Å². The molecule has 0 aliphatic carbocycles. The number of hydrogen-bond acceptors (Lipinski definition) is 3. The van der Waals surface area contributed by atoms with E-state index in [4.69, 9.17) is 0 Å². The number of halogens is 3. The van der Waals surface area contributed by atoms with Gasteiger partial charge in [0.1, 0.15) is 5.75 Å². The molecule has 0 spiro atoms. The van der Waals surface area contributed by atoms with Crippen LogP contribution >= 0.6 is 13.5 Å². The average Bonchev–Trinajstić information content (AvgIpc) is 2.06. The average molecular weight is 274 g/mol. The molecule has 0 unspecified atom stereocenters. The molecule has 16 heavy (non-hydrogen) atoms.